The molecule has 0 heterocycles. The van der Waals surface area contributed by atoms with Gasteiger partial charge in [-0.1, -0.05) is 25.1 Å². The molecular weight excluding hydrogens is 288 g/mol. The van der Waals surface area contributed by atoms with E-state index in [0.717, 1.165) is 36.4 Å². The van der Waals surface area contributed by atoms with E-state index in [-0.39, 0.29) is 5.91 Å². The van der Waals surface area contributed by atoms with E-state index in [9.17, 15) is 4.79 Å². The van der Waals surface area contributed by atoms with Crippen LogP contribution in [0.3, 0.4) is 0 Å². The molecule has 2 aromatic carbocycles. The number of hydrogen-bond donors (Lipinski definition) is 2. The Kier molecular flexibility index (Phi) is 6.63. The van der Waals surface area contributed by atoms with Crippen molar-refractivity contribution in [3.8, 4) is 5.75 Å². The number of carbonyl (C=O) groups is 1. The molecule has 23 heavy (non-hydrogen) atoms. The minimum Gasteiger partial charge on any atom is -0.494 e. The molecule has 2 rings (SSSR count). The Morgan fingerprint density at radius 2 is 1.83 bits per heavy atom. The van der Waals surface area contributed by atoms with Crippen LogP contribution in [-0.2, 0) is 6.42 Å². The summed E-state index contributed by atoms with van der Waals surface area (Å²) < 4.78 is 5.54. The van der Waals surface area contributed by atoms with Crippen molar-refractivity contribution in [2.24, 2.45) is 0 Å². The lowest BCUT2D eigenvalue weighted by atomic mass is 10.0. The highest BCUT2D eigenvalue weighted by Gasteiger charge is 2.10. The largest absolute Gasteiger partial charge is 0.494 e. The molecule has 4 nitrogen and oxygen atoms in total. The second-order valence-electron chi connectivity index (χ2n) is 5.34. The first-order chi connectivity index (χ1) is 11.2. The molecule has 0 saturated heterocycles. The first kappa shape index (κ1) is 17.0. The summed E-state index contributed by atoms with van der Waals surface area (Å²) in [5.41, 5.74) is 2.53. The molecule has 0 unspecified atom stereocenters. The molecule has 2 aromatic rings. The normalized spacial score (nSPS) is 10.3. The van der Waals surface area contributed by atoms with E-state index in [1.165, 1.54) is 0 Å². The molecule has 0 aromatic heterocycles. The van der Waals surface area contributed by atoms with E-state index >= 15 is 0 Å². The highest BCUT2D eigenvalue weighted by Crippen LogP contribution is 2.18. The smallest absolute Gasteiger partial charge is 0.255 e. The summed E-state index contributed by atoms with van der Waals surface area (Å²) >= 11 is 0. The van der Waals surface area contributed by atoms with Crippen LogP contribution in [0.2, 0.25) is 0 Å². The van der Waals surface area contributed by atoms with Crippen LogP contribution in [0.1, 0.15) is 29.3 Å². The van der Waals surface area contributed by atoms with Gasteiger partial charge in [0, 0.05) is 11.3 Å². The summed E-state index contributed by atoms with van der Waals surface area (Å²) in [5, 5.41) is 6.05. The van der Waals surface area contributed by atoms with Crippen LogP contribution in [0.4, 0.5) is 5.69 Å². The van der Waals surface area contributed by atoms with Gasteiger partial charge in [-0.3, -0.25) is 4.79 Å². The van der Waals surface area contributed by atoms with Gasteiger partial charge in [-0.15, -0.1) is 0 Å². The number of benzene rings is 2. The molecule has 0 fully saturated rings. The molecule has 4 heteroatoms. The van der Waals surface area contributed by atoms with Gasteiger partial charge in [-0.2, -0.15) is 0 Å². The summed E-state index contributed by atoms with van der Waals surface area (Å²) in [4.78, 5) is 12.5. The molecule has 0 aliphatic rings. The summed E-state index contributed by atoms with van der Waals surface area (Å²) in [6.45, 7) is 3.61. The number of amides is 1. The van der Waals surface area contributed by atoms with Gasteiger partial charge in [-0.25, -0.2) is 0 Å². The zero-order valence-electron chi connectivity index (χ0n) is 13.8. The standard InChI is InChI=1S/C19H24N2O2/c1-3-14-23-17-10-8-16(9-11-17)21-19(22)18-7-5-4-6-15(18)12-13-20-2/h4-11,20H,3,12-14H2,1-2H3,(H,21,22). The Bertz CT molecular complexity index is 624. The molecule has 0 spiro atoms. The van der Waals surface area contributed by atoms with Crippen molar-refractivity contribution in [2.75, 3.05) is 25.5 Å². The van der Waals surface area contributed by atoms with Crippen LogP contribution in [0.15, 0.2) is 48.5 Å². The van der Waals surface area contributed by atoms with E-state index in [1.54, 1.807) is 0 Å². The van der Waals surface area contributed by atoms with Gasteiger partial charge in [0.2, 0.25) is 0 Å². The van der Waals surface area contributed by atoms with E-state index in [0.29, 0.717) is 12.2 Å². The van der Waals surface area contributed by atoms with Gasteiger partial charge < -0.3 is 15.4 Å². The summed E-state index contributed by atoms with van der Waals surface area (Å²) in [7, 11) is 1.91. The Hall–Kier alpha value is -2.33. The Balaban J connectivity index is 2.04. The van der Waals surface area contributed by atoms with Crippen molar-refractivity contribution in [1.82, 2.24) is 5.32 Å². The Morgan fingerprint density at radius 3 is 2.52 bits per heavy atom. The quantitative estimate of drug-likeness (QED) is 0.784. The van der Waals surface area contributed by atoms with Crippen molar-refractivity contribution >= 4 is 11.6 Å². The van der Waals surface area contributed by atoms with Crippen molar-refractivity contribution in [3.63, 3.8) is 0 Å². The van der Waals surface area contributed by atoms with E-state index in [4.69, 9.17) is 4.74 Å². The summed E-state index contributed by atoms with van der Waals surface area (Å²) in [6.07, 6.45) is 1.80. The Morgan fingerprint density at radius 1 is 1.09 bits per heavy atom. The number of nitrogens with one attached hydrogen (secondary N) is 2. The molecule has 0 aliphatic carbocycles. The van der Waals surface area contributed by atoms with Crippen molar-refractivity contribution in [1.29, 1.82) is 0 Å². The predicted molar refractivity (Wildman–Crippen MR) is 94.3 cm³/mol. The topological polar surface area (TPSA) is 50.4 Å². The number of hydrogen-bond acceptors (Lipinski definition) is 3. The second kappa shape index (κ2) is 8.96. The van der Waals surface area contributed by atoms with Gasteiger partial charge in [0.1, 0.15) is 5.75 Å². The number of rotatable bonds is 8. The highest BCUT2D eigenvalue weighted by atomic mass is 16.5. The fourth-order valence-corrected chi connectivity index (χ4v) is 2.27. The molecule has 0 atom stereocenters. The zero-order chi connectivity index (χ0) is 16.5. The SMILES string of the molecule is CCCOc1ccc(NC(=O)c2ccccc2CCNC)cc1. The zero-order valence-corrected chi connectivity index (χ0v) is 13.8. The first-order valence-electron chi connectivity index (χ1n) is 8.01. The van der Waals surface area contributed by atoms with Crippen LogP contribution < -0.4 is 15.4 Å². The van der Waals surface area contributed by atoms with Gasteiger partial charge in [-0.05, 0) is 62.3 Å². The van der Waals surface area contributed by atoms with Gasteiger partial charge in [0.15, 0.2) is 0 Å². The maximum Gasteiger partial charge on any atom is 0.255 e. The predicted octanol–water partition coefficient (Wildman–Crippen LogP) is 3.49. The fraction of sp³-hybridized carbons (Fsp3) is 0.316. The maximum atomic E-state index is 12.5. The number of anilines is 1. The van der Waals surface area contributed by atoms with Crippen molar-refractivity contribution in [3.05, 3.63) is 59.7 Å². The van der Waals surface area contributed by atoms with Crippen LogP contribution in [-0.4, -0.2) is 26.1 Å². The molecule has 0 bridgehead atoms. The van der Waals surface area contributed by atoms with Crippen molar-refractivity contribution < 1.29 is 9.53 Å². The molecule has 0 radical (unpaired) electrons. The lowest BCUT2D eigenvalue weighted by molar-refractivity contribution is 0.102. The second-order valence-corrected chi connectivity index (χ2v) is 5.34. The number of likely N-dealkylation sites (N-methyl/N-ethyl adjacent to an activating group) is 1. The molecule has 2 N–H and O–H groups in total. The Labute approximate surface area is 137 Å². The molecule has 0 aliphatic heterocycles. The van der Waals surface area contributed by atoms with Crippen LogP contribution >= 0.6 is 0 Å². The molecule has 1 amide bonds. The third-order valence-corrected chi connectivity index (χ3v) is 3.49. The highest BCUT2D eigenvalue weighted by molar-refractivity contribution is 6.05. The van der Waals surface area contributed by atoms with Crippen LogP contribution in [0.5, 0.6) is 5.75 Å². The van der Waals surface area contributed by atoms with Gasteiger partial charge in [0.25, 0.3) is 5.91 Å². The van der Waals surface area contributed by atoms with Crippen LogP contribution in [0, 0.1) is 0 Å². The van der Waals surface area contributed by atoms with Gasteiger partial charge >= 0.3 is 0 Å². The lowest BCUT2D eigenvalue weighted by Gasteiger charge is -2.11. The minimum absolute atomic E-state index is 0.0843. The lowest BCUT2D eigenvalue weighted by Crippen LogP contribution is -2.17. The summed E-state index contributed by atoms with van der Waals surface area (Å²) in [5.74, 6) is 0.734. The van der Waals surface area contributed by atoms with Gasteiger partial charge in [0.05, 0.1) is 6.61 Å². The molecular formula is C19H24N2O2. The molecule has 122 valence electrons. The fourth-order valence-electron chi connectivity index (χ4n) is 2.27. The maximum absolute atomic E-state index is 12.5. The van der Waals surface area contributed by atoms with E-state index in [2.05, 4.69) is 17.6 Å². The van der Waals surface area contributed by atoms with E-state index in [1.807, 2.05) is 55.6 Å². The molecule has 0 saturated carbocycles. The minimum atomic E-state index is -0.0843. The third-order valence-electron chi connectivity index (χ3n) is 3.49. The monoisotopic (exact) mass is 312 g/mol. The average molecular weight is 312 g/mol. The number of carbonyl (C=O) groups excluding carboxylic acids is 1. The average Bonchev–Trinajstić information content (AvgIpc) is 2.59. The first-order valence-corrected chi connectivity index (χ1v) is 8.01. The van der Waals surface area contributed by atoms with Crippen LogP contribution in [0.25, 0.3) is 0 Å². The third kappa shape index (κ3) is 5.11. The summed E-state index contributed by atoms with van der Waals surface area (Å²) in [6, 6.07) is 15.2. The number of ether oxygens (including phenoxy) is 1. The van der Waals surface area contributed by atoms with E-state index < -0.39 is 0 Å². The van der Waals surface area contributed by atoms with Crippen molar-refractivity contribution in [2.45, 2.75) is 19.8 Å².